The molecule has 0 saturated heterocycles. The van der Waals surface area contributed by atoms with E-state index in [9.17, 15) is 4.89 Å². The van der Waals surface area contributed by atoms with Crippen molar-refractivity contribution in [1.29, 1.82) is 0 Å². The van der Waals surface area contributed by atoms with Gasteiger partial charge in [-0.3, -0.25) is 0 Å². The Morgan fingerprint density at radius 2 is 0.793 bits per heavy atom. The summed E-state index contributed by atoms with van der Waals surface area (Å²) in [5, 5.41) is 0. The number of rotatable bonds is 22. The molecule has 177 valence electrons. The molecular weight excluding hydrogens is 495 g/mol. The average Bonchev–Trinajstić information content (AvgIpc) is 2.68. The van der Waals surface area contributed by atoms with Crippen LogP contribution in [0.3, 0.4) is 0 Å². The molecule has 0 aliphatic rings. The van der Waals surface area contributed by atoms with E-state index in [0.29, 0.717) is 0 Å². The maximum absolute atomic E-state index is 10.6. The molecule has 0 aliphatic heterocycles. The summed E-state index contributed by atoms with van der Waals surface area (Å²) in [4.78, 5) is 10.6. The third-order valence-corrected chi connectivity index (χ3v) is 17.9. The van der Waals surface area contributed by atoms with E-state index in [-0.39, 0.29) is 10.1 Å². The fraction of sp³-hybridized carbons (Fsp3) is 1.00. The van der Waals surface area contributed by atoms with Crippen molar-refractivity contribution in [3.63, 3.8) is 0 Å². The summed E-state index contributed by atoms with van der Waals surface area (Å²) >= 11 is 6.57. The number of hydrogen-bond donors (Lipinski definition) is 2. The van der Waals surface area contributed by atoms with Crippen LogP contribution >= 0.6 is 15.8 Å². The van der Waals surface area contributed by atoms with Crippen molar-refractivity contribution < 1.29 is 24.2 Å². The van der Waals surface area contributed by atoms with Crippen molar-refractivity contribution >= 4 is 25.9 Å². The molecule has 29 heavy (non-hydrogen) atoms. The van der Waals surface area contributed by atoms with Crippen molar-refractivity contribution in [1.82, 2.24) is 0 Å². The molecule has 0 amide bonds. The summed E-state index contributed by atoms with van der Waals surface area (Å²) in [6.07, 6.45) is 27.8. The van der Waals surface area contributed by atoms with Gasteiger partial charge in [0.1, 0.15) is 0 Å². The maximum atomic E-state index is 10.6. The normalized spacial score (nSPS) is 13.8. The Morgan fingerprint density at radius 3 is 1.03 bits per heavy atom. The minimum absolute atomic E-state index is 0.168. The van der Waals surface area contributed by atoms with Gasteiger partial charge in [0.2, 0.25) is 0 Å². The van der Waals surface area contributed by atoms with Gasteiger partial charge in [-0.15, -0.1) is 0 Å². The first kappa shape index (κ1) is 30.8. The van der Waals surface area contributed by atoms with Gasteiger partial charge in [-0.2, -0.15) is 0 Å². The van der Waals surface area contributed by atoms with Crippen LogP contribution in [0.5, 0.6) is 0 Å². The van der Waals surface area contributed by atoms with Crippen molar-refractivity contribution in [2.75, 3.05) is 11.5 Å². The number of unbranched alkanes of at least 4 members (excludes halogenated alkanes) is 18. The minimum atomic E-state index is -1.95. The molecule has 5 heteroatoms. The van der Waals surface area contributed by atoms with Gasteiger partial charge in [-0.25, -0.2) is 0 Å². The first-order valence-corrected chi connectivity index (χ1v) is 20.4. The van der Waals surface area contributed by atoms with Crippen LogP contribution in [0.4, 0.5) is 0 Å². The second-order valence-corrected chi connectivity index (χ2v) is 25.0. The van der Waals surface area contributed by atoms with E-state index >= 15 is 0 Å². The topological polar surface area (TPSA) is 20.2 Å². The predicted molar refractivity (Wildman–Crippen MR) is 139 cm³/mol. The molecule has 0 aromatic rings. The third kappa shape index (κ3) is 22.8. The van der Waals surface area contributed by atoms with E-state index in [1.807, 2.05) is 19.3 Å². The second kappa shape index (κ2) is 23.0. The molecule has 0 aliphatic carbocycles. The van der Waals surface area contributed by atoms with Crippen LogP contribution in [0.25, 0.3) is 0 Å². The molecule has 0 fully saturated rings. The average molecular weight is 548 g/mol. The molecule has 1 unspecified atom stereocenters. The van der Waals surface area contributed by atoms with Crippen molar-refractivity contribution in [3.05, 3.63) is 0 Å². The monoisotopic (exact) mass is 549 g/mol. The van der Waals surface area contributed by atoms with Gasteiger partial charge in [0.15, 0.2) is 0 Å². The molecule has 0 saturated carbocycles. The molecule has 0 spiro atoms. The Kier molecular flexibility index (Phi) is 24.4. The van der Waals surface area contributed by atoms with Crippen molar-refractivity contribution in [2.45, 2.75) is 142 Å². The van der Waals surface area contributed by atoms with Gasteiger partial charge >= 0.3 is 177 Å². The zero-order valence-electron chi connectivity index (χ0n) is 19.7. The molecule has 0 bridgehead atoms. The van der Waals surface area contributed by atoms with Crippen LogP contribution < -0.4 is 0 Å². The van der Waals surface area contributed by atoms with Gasteiger partial charge < -0.3 is 0 Å². The SMILES string of the molecule is CCCCCCCCCCCCS(CCCCCCCCCCCC)=[P](O)(S)[Mo]. The predicted octanol–water partition coefficient (Wildman–Crippen LogP) is 9.59. The molecule has 1 nitrogen and oxygen atoms in total. The Morgan fingerprint density at radius 1 is 0.552 bits per heavy atom. The molecule has 0 aromatic carbocycles. The molecule has 0 aromatic heterocycles. The van der Waals surface area contributed by atoms with Gasteiger partial charge in [-0.1, -0.05) is 26.7 Å². The molecule has 0 radical (unpaired) electrons. The first-order valence-electron chi connectivity index (χ1n) is 12.8. The van der Waals surface area contributed by atoms with E-state index in [2.05, 4.69) is 26.1 Å². The second-order valence-electron chi connectivity index (χ2n) is 8.73. The van der Waals surface area contributed by atoms with Crippen LogP contribution in [-0.2, 0) is 29.4 Å². The quantitative estimate of drug-likeness (QED) is 0.0598. The number of thiol groups is 1. The summed E-state index contributed by atoms with van der Waals surface area (Å²) in [7, 11) is 0.168. The van der Waals surface area contributed by atoms with Gasteiger partial charge in [0, 0.05) is 0 Å². The van der Waals surface area contributed by atoms with Crippen molar-refractivity contribution in [2.24, 2.45) is 0 Å². The van der Waals surface area contributed by atoms with E-state index < -0.39 is 3.56 Å². The van der Waals surface area contributed by atoms with E-state index in [0.717, 1.165) is 0 Å². The Bertz CT molecular complexity index is 364. The first-order chi connectivity index (χ1) is 14.0. The zero-order valence-corrected chi connectivity index (χ0v) is 24.3. The summed E-state index contributed by atoms with van der Waals surface area (Å²) in [6, 6.07) is 0. The van der Waals surface area contributed by atoms with Crippen LogP contribution in [0.15, 0.2) is 0 Å². The Hall–Kier alpha value is 1.78. The van der Waals surface area contributed by atoms with E-state index in [1.165, 1.54) is 140 Å². The van der Waals surface area contributed by atoms with E-state index in [4.69, 9.17) is 0 Å². The fourth-order valence-electron chi connectivity index (χ4n) is 3.85. The summed E-state index contributed by atoms with van der Waals surface area (Å²) in [5.74, 6) is 2.45. The fourth-order valence-corrected chi connectivity index (χ4v) is 12.6. The van der Waals surface area contributed by atoms with E-state index in [1.54, 1.807) is 0 Å². The van der Waals surface area contributed by atoms with Gasteiger partial charge in [-0.05, 0) is 0 Å². The summed E-state index contributed by atoms with van der Waals surface area (Å²) < 4.78 is -1.95. The molecule has 0 rings (SSSR count). The van der Waals surface area contributed by atoms with Gasteiger partial charge in [0.25, 0.3) is 0 Å². The van der Waals surface area contributed by atoms with Crippen LogP contribution in [0.1, 0.15) is 142 Å². The zero-order chi connectivity index (χ0) is 21.6. The number of hydrogen-bond acceptors (Lipinski definition) is 0. The summed E-state index contributed by atoms with van der Waals surface area (Å²) in [6.45, 7) is 4.57. The third-order valence-electron chi connectivity index (χ3n) is 5.80. The molecule has 1 N–H and O–H groups in total. The molecule has 0 heterocycles. The van der Waals surface area contributed by atoms with Gasteiger partial charge in [0.05, 0.1) is 0 Å². The Labute approximate surface area is 202 Å². The molecule has 1 atom stereocenters. The van der Waals surface area contributed by atoms with Crippen LogP contribution in [0, 0.1) is 0 Å². The molecular formula is C24H52MoOPS2. The Balaban J connectivity index is 3.67. The summed E-state index contributed by atoms with van der Waals surface area (Å²) in [5.41, 5.74) is 0. The van der Waals surface area contributed by atoms with Crippen LogP contribution in [0.2, 0.25) is 0 Å². The van der Waals surface area contributed by atoms with Crippen LogP contribution in [-0.4, -0.2) is 16.4 Å². The standard InChI is InChI=1S/C24H52OPS2.Mo/c1-3-5-7-9-11-13-15-17-19-21-23-28(26(25)27)24-22-20-18-16-14-12-10-8-6-4-2;/h25,27H,3-24H2,1-2H3;/q+1;-1. The van der Waals surface area contributed by atoms with Crippen molar-refractivity contribution in [3.8, 4) is 0 Å².